The summed E-state index contributed by atoms with van der Waals surface area (Å²) in [6.07, 6.45) is 1.75. The van der Waals surface area contributed by atoms with Crippen molar-refractivity contribution in [2.75, 3.05) is 6.26 Å². The molecule has 2 aromatic rings. The first-order valence-electron chi connectivity index (χ1n) is 7.64. The molecule has 0 aromatic heterocycles. The molecule has 6 heteroatoms. The van der Waals surface area contributed by atoms with Gasteiger partial charge in [-0.05, 0) is 35.7 Å². The summed E-state index contributed by atoms with van der Waals surface area (Å²) >= 11 is 0. The van der Waals surface area contributed by atoms with Crippen molar-refractivity contribution in [1.29, 1.82) is 0 Å². The van der Waals surface area contributed by atoms with Gasteiger partial charge in [0.15, 0.2) is 9.84 Å². The Morgan fingerprint density at radius 1 is 1.12 bits per heavy atom. The van der Waals surface area contributed by atoms with Gasteiger partial charge >= 0.3 is 0 Å². The maximum Gasteiger partial charge on any atom is 0.225 e. The summed E-state index contributed by atoms with van der Waals surface area (Å²) in [5.74, 6) is -0.683. The second kappa shape index (κ2) is 7.57. The second-order valence-corrected chi connectivity index (χ2v) is 7.65. The van der Waals surface area contributed by atoms with Crippen LogP contribution in [-0.2, 0) is 21.1 Å². The number of hydrogen-bond donors (Lipinski definition) is 1. The Hall–Kier alpha value is -2.21. The Kier molecular flexibility index (Phi) is 5.72. The first-order chi connectivity index (χ1) is 11.3. The Bertz CT molecular complexity index is 816. The van der Waals surface area contributed by atoms with Crippen LogP contribution in [0.4, 0.5) is 4.39 Å². The van der Waals surface area contributed by atoms with Crippen molar-refractivity contribution in [2.24, 2.45) is 0 Å². The van der Waals surface area contributed by atoms with Gasteiger partial charge in [0.2, 0.25) is 5.91 Å². The highest BCUT2D eigenvalue weighted by Crippen LogP contribution is 2.19. The summed E-state index contributed by atoms with van der Waals surface area (Å²) in [7, 11) is -3.25. The van der Waals surface area contributed by atoms with Crippen LogP contribution in [0, 0.1) is 5.82 Å². The fraction of sp³-hybridized carbons (Fsp3) is 0.278. The summed E-state index contributed by atoms with van der Waals surface area (Å²) in [5, 5.41) is 2.86. The van der Waals surface area contributed by atoms with Gasteiger partial charge in [0.05, 0.1) is 17.4 Å². The summed E-state index contributed by atoms with van der Waals surface area (Å²) < 4.78 is 36.6. The number of hydrogen-bond acceptors (Lipinski definition) is 3. The number of halogens is 1. The molecule has 0 saturated heterocycles. The Labute approximate surface area is 141 Å². The van der Waals surface area contributed by atoms with Crippen LogP contribution in [0.1, 0.15) is 30.5 Å². The minimum absolute atomic E-state index is 0.0371. The molecule has 0 aliphatic carbocycles. The predicted molar refractivity (Wildman–Crippen MR) is 90.8 cm³/mol. The molecule has 128 valence electrons. The number of carbonyl (C=O) groups is 1. The van der Waals surface area contributed by atoms with E-state index in [0.717, 1.165) is 11.8 Å². The lowest BCUT2D eigenvalue weighted by Gasteiger charge is -2.18. The van der Waals surface area contributed by atoms with E-state index in [0.29, 0.717) is 12.0 Å². The van der Waals surface area contributed by atoms with Crippen molar-refractivity contribution in [1.82, 2.24) is 5.32 Å². The van der Waals surface area contributed by atoms with Crippen LogP contribution >= 0.6 is 0 Å². The van der Waals surface area contributed by atoms with Crippen LogP contribution in [0.15, 0.2) is 53.4 Å². The van der Waals surface area contributed by atoms with Gasteiger partial charge in [0, 0.05) is 6.26 Å². The van der Waals surface area contributed by atoms with Gasteiger partial charge in [-0.25, -0.2) is 12.8 Å². The van der Waals surface area contributed by atoms with Crippen molar-refractivity contribution in [3.63, 3.8) is 0 Å². The highest BCUT2D eigenvalue weighted by Gasteiger charge is 2.15. The number of rotatable bonds is 6. The second-order valence-electron chi connectivity index (χ2n) is 5.64. The lowest BCUT2D eigenvalue weighted by atomic mass is 10.0. The van der Waals surface area contributed by atoms with Crippen molar-refractivity contribution in [3.8, 4) is 0 Å². The molecule has 0 saturated carbocycles. The summed E-state index contributed by atoms with van der Waals surface area (Å²) in [4.78, 5) is 12.4. The first-order valence-corrected chi connectivity index (χ1v) is 9.53. The molecular formula is C18H20FNO3S. The van der Waals surface area contributed by atoms with E-state index < -0.39 is 15.7 Å². The molecule has 2 aromatic carbocycles. The van der Waals surface area contributed by atoms with Crippen molar-refractivity contribution >= 4 is 15.7 Å². The van der Waals surface area contributed by atoms with Gasteiger partial charge in [0.25, 0.3) is 0 Å². The smallest absolute Gasteiger partial charge is 0.225 e. The van der Waals surface area contributed by atoms with Gasteiger partial charge in [-0.2, -0.15) is 0 Å². The van der Waals surface area contributed by atoms with Crippen LogP contribution in [0.2, 0.25) is 0 Å². The maximum atomic E-state index is 13.6. The molecule has 24 heavy (non-hydrogen) atoms. The van der Waals surface area contributed by atoms with Crippen LogP contribution in [0.25, 0.3) is 0 Å². The third-order valence-corrected chi connectivity index (χ3v) is 4.89. The van der Waals surface area contributed by atoms with Crippen molar-refractivity contribution < 1.29 is 17.6 Å². The Morgan fingerprint density at radius 3 is 2.29 bits per heavy atom. The molecule has 0 unspecified atom stereocenters. The Morgan fingerprint density at radius 2 is 1.75 bits per heavy atom. The SMILES string of the molecule is CC[C@H](NC(=O)Cc1ccccc1F)c1ccc(S(C)(=O)=O)cc1. The van der Waals surface area contributed by atoms with Crippen LogP contribution in [-0.4, -0.2) is 20.6 Å². The monoisotopic (exact) mass is 349 g/mol. The minimum Gasteiger partial charge on any atom is -0.349 e. The first kappa shape index (κ1) is 18.1. The topological polar surface area (TPSA) is 63.2 Å². The highest BCUT2D eigenvalue weighted by molar-refractivity contribution is 7.90. The number of benzene rings is 2. The molecule has 0 bridgehead atoms. The van der Waals surface area contributed by atoms with Gasteiger partial charge < -0.3 is 5.32 Å². The molecule has 0 aliphatic rings. The van der Waals surface area contributed by atoms with E-state index in [1.165, 1.54) is 18.2 Å². The van der Waals surface area contributed by atoms with Crippen molar-refractivity contribution in [2.45, 2.75) is 30.7 Å². The van der Waals surface area contributed by atoms with Gasteiger partial charge in [-0.3, -0.25) is 4.79 Å². The molecule has 0 aliphatic heterocycles. The zero-order valence-corrected chi connectivity index (χ0v) is 14.4. The van der Waals surface area contributed by atoms with Crippen molar-refractivity contribution in [3.05, 3.63) is 65.5 Å². The van der Waals surface area contributed by atoms with E-state index in [1.807, 2.05) is 6.92 Å². The lowest BCUT2D eigenvalue weighted by Crippen LogP contribution is -2.29. The molecule has 0 spiro atoms. The maximum absolute atomic E-state index is 13.6. The number of sulfone groups is 1. The third kappa shape index (κ3) is 4.64. The van der Waals surface area contributed by atoms with E-state index in [-0.39, 0.29) is 23.3 Å². The van der Waals surface area contributed by atoms with Gasteiger partial charge in [-0.1, -0.05) is 37.3 Å². The largest absolute Gasteiger partial charge is 0.349 e. The lowest BCUT2D eigenvalue weighted by molar-refractivity contribution is -0.121. The number of carbonyl (C=O) groups excluding carboxylic acids is 1. The third-order valence-electron chi connectivity index (χ3n) is 3.76. The normalized spacial score (nSPS) is 12.6. The highest BCUT2D eigenvalue weighted by atomic mass is 32.2. The van der Waals surface area contributed by atoms with Crippen LogP contribution in [0.3, 0.4) is 0 Å². The molecular weight excluding hydrogens is 329 g/mol. The Balaban J connectivity index is 2.09. The minimum atomic E-state index is -3.25. The van der Waals surface area contributed by atoms with Crippen LogP contribution < -0.4 is 5.32 Å². The fourth-order valence-corrected chi connectivity index (χ4v) is 3.06. The molecule has 4 nitrogen and oxygen atoms in total. The number of amides is 1. The average Bonchev–Trinajstić information content (AvgIpc) is 2.54. The van der Waals surface area contributed by atoms with Gasteiger partial charge in [0.1, 0.15) is 5.82 Å². The van der Waals surface area contributed by atoms with E-state index in [2.05, 4.69) is 5.32 Å². The summed E-state index contributed by atoms with van der Waals surface area (Å²) in [5.41, 5.74) is 1.16. The van der Waals surface area contributed by atoms with E-state index in [1.54, 1.807) is 30.3 Å². The number of nitrogens with one attached hydrogen (secondary N) is 1. The van der Waals surface area contributed by atoms with E-state index >= 15 is 0 Å². The van der Waals surface area contributed by atoms with Gasteiger partial charge in [-0.15, -0.1) is 0 Å². The zero-order chi connectivity index (χ0) is 17.7. The quantitative estimate of drug-likeness (QED) is 0.872. The zero-order valence-electron chi connectivity index (χ0n) is 13.6. The molecule has 2 rings (SSSR count). The molecule has 0 radical (unpaired) electrons. The van der Waals surface area contributed by atoms with Crippen LogP contribution in [0.5, 0.6) is 0 Å². The molecule has 0 heterocycles. The van der Waals surface area contributed by atoms with E-state index in [4.69, 9.17) is 0 Å². The summed E-state index contributed by atoms with van der Waals surface area (Å²) in [6.45, 7) is 1.92. The predicted octanol–water partition coefficient (Wildman–Crippen LogP) is 3.04. The fourth-order valence-electron chi connectivity index (χ4n) is 2.43. The standard InChI is InChI=1S/C18H20FNO3S/c1-3-17(13-8-10-15(11-9-13)24(2,22)23)20-18(21)12-14-6-4-5-7-16(14)19/h4-11,17H,3,12H2,1-2H3,(H,20,21)/t17-/m0/s1. The summed E-state index contributed by atoms with van der Waals surface area (Å²) in [6, 6.07) is 12.3. The van der Waals surface area contributed by atoms with E-state index in [9.17, 15) is 17.6 Å². The molecule has 1 atom stereocenters. The molecule has 0 fully saturated rings. The molecule has 1 N–H and O–H groups in total. The molecule has 1 amide bonds. The average molecular weight is 349 g/mol.